The highest BCUT2D eigenvalue weighted by molar-refractivity contribution is 7.09. The van der Waals surface area contributed by atoms with Crippen molar-refractivity contribution >= 4 is 34.5 Å². The Hall–Kier alpha value is -1.68. The molecule has 5 heteroatoms. The molecule has 0 aliphatic heterocycles. The van der Waals surface area contributed by atoms with Gasteiger partial charge in [-0.2, -0.15) is 0 Å². The van der Waals surface area contributed by atoms with E-state index in [1.807, 2.05) is 17.5 Å². The van der Waals surface area contributed by atoms with Crippen LogP contribution in [0.15, 0.2) is 47.8 Å². The zero-order valence-corrected chi connectivity index (χ0v) is 13.7. The Labute approximate surface area is 142 Å². The fourth-order valence-electron chi connectivity index (χ4n) is 2.38. The van der Waals surface area contributed by atoms with E-state index in [4.69, 9.17) is 23.2 Å². The number of phenolic OH excluding ortho intramolecular Hbond substituents is 2. The third kappa shape index (κ3) is 3.22. The topological polar surface area (TPSA) is 40.5 Å². The molecule has 0 aliphatic carbocycles. The molecule has 22 heavy (non-hydrogen) atoms. The molecule has 0 saturated heterocycles. The smallest absolute Gasteiger partial charge is 0.127 e. The number of aromatic hydroxyl groups is 2. The molecule has 0 bridgehead atoms. The molecule has 0 atom stereocenters. The van der Waals surface area contributed by atoms with Crippen LogP contribution in [0.3, 0.4) is 0 Å². The molecule has 2 N–H and O–H groups in total. The largest absolute Gasteiger partial charge is 0.507 e. The van der Waals surface area contributed by atoms with Crippen LogP contribution in [-0.2, 0) is 6.42 Å². The standard InChI is InChI=1S/C17H12Cl2O2S/c18-12-7-11(8-13(19)9-12)17-15(20)5-10(6-16(17)21)4-14-2-1-3-22-14/h1-3,5-9,20-21H,4H2. The number of hydrogen-bond acceptors (Lipinski definition) is 3. The van der Waals surface area contributed by atoms with Gasteiger partial charge in [-0.15, -0.1) is 11.3 Å². The van der Waals surface area contributed by atoms with Crippen LogP contribution in [0.4, 0.5) is 0 Å². The van der Waals surface area contributed by atoms with Gasteiger partial charge in [0.15, 0.2) is 0 Å². The summed E-state index contributed by atoms with van der Waals surface area (Å²) in [4.78, 5) is 1.16. The Morgan fingerprint density at radius 1 is 0.909 bits per heavy atom. The second-order valence-electron chi connectivity index (χ2n) is 4.92. The van der Waals surface area contributed by atoms with Crippen LogP contribution in [-0.4, -0.2) is 10.2 Å². The summed E-state index contributed by atoms with van der Waals surface area (Å²) in [5.41, 5.74) is 1.75. The van der Waals surface area contributed by atoms with E-state index in [9.17, 15) is 10.2 Å². The first-order valence-corrected chi connectivity index (χ1v) is 8.20. The molecular weight excluding hydrogens is 339 g/mol. The lowest BCUT2D eigenvalue weighted by Gasteiger charge is -2.11. The van der Waals surface area contributed by atoms with Gasteiger partial charge in [0.1, 0.15) is 11.5 Å². The molecule has 0 amide bonds. The molecule has 2 nitrogen and oxygen atoms in total. The second-order valence-corrected chi connectivity index (χ2v) is 6.83. The van der Waals surface area contributed by atoms with E-state index >= 15 is 0 Å². The van der Waals surface area contributed by atoms with Crippen molar-refractivity contribution in [3.8, 4) is 22.6 Å². The van der Waals surface area contributed by atoms with E-state index in [0.717, 1.165) is 10.4 Å². The lowest BCUT2D eigenvalue weighted by Crippen LogP contribution is -1.88. The van der Waals surface area contributed by atoms with E-state index in [-0.39, 0.29) is 11.5 Å². The predicted octanol–water partition coefficient (Wildman–Crippen LogP) is 5.72. The highest BCUT2D eigenvalue weighted by Crippen LogP contribution is 2.40. The van der Waals surface area contributed by atoms with Gasteiger partial charge in [0.25, 0.3) is 0 Å². The molecule has 0 fully saturated rings. The van der Waals surface area contributed by atoms with Crippen molar-refractivity contribution < 1.29 is 10.2 Å². The van der Waals surface area contributed by atoms with Crippen LogP contribution in [0, 0.1) is 0 Å². The van der Waals surface area contributed by atoms with Crippen LogP contribution in [0.2, 0.25) is 10.0 Å². The van der Waals surface area contributed by atoms with Gasteiger partial charge < -0.3 is 10.2 Å². The number of benzene rings is 2. The van der Waals surface area contributed by atoms with Crippen LogP contribution >= 0.6 is 34.5 Å². The summed E-state index contributed by atoms with van der Waals surface area (Å²) in [5.74, 6) is 0.00905. The molecule has 0 unspecified atom stereocenters. The van der Waals surface area contributed by atoms with Gasteiger partial charge in [-0.25, -0.2) is 0 Å². The first kappa shape index (κ1) is 15.2. The van der Waals surface area contributed by atoms with Crippen molar-refractivity contribution in [2.75, 3.05) is 0 Å². The molecule has 0 spiro atoms. The first-order chi connectivity index (χ1) is 10.5. The van der Waals surface area contributed by atoms with Crippen molar-refractivity contribution in [3.05, 3.63) is 68.3 Å². The minimum atomic E-state index is 0.00453. The van der Waals surface area contributed by atoms with Gasteiger partial charge >= 0.3 is 0 Å². The highest BCUT2D eigenvalue weighted by atomic mass is 35.5. The predicted molar refractivity (Wildman–Crippen MR) is 92.4 cm³/mol. The second kappa shape index (κ2) is 6.21. The van der Waals surface area contributed by atoms with Crippen LogP contribution in [0.25, 0.3) is 11.1 Å². The van der Waals surface area contributed by atoms with Crippen LogP contribution in [0.1, 0.15) is 10.4 Å². The summed E-state index contributed by atoms with van der Waals surface area (Å²) in [5, 5.41) is 23.5. The molecular formula is C17H12Cl2O2S. The van der Waals surface area contributed by atoms with Gasteiger partial charge in [-0.05, 0) is 52.9 Å². The number of halogens is 2. The van der Waals surface area contributed by atoms with Gasteiger partial charge in [0.2, 0.25) is 0 Å². The van der Waals surface area contributed by atoms with E-state index in [2.05, 4.69) is 0 Å². The molecule has 112 valence electrons. The van der Waals surface area contributed by atoms with Gasteiger partial charge in [0, 0.05) is 21.3 Å². The van der Waals surface area contributed by atoms with Crippen molar-refractivity contribution in [2.45, 2.75) is 6.42 Å². The molecule has 1 aromatic heterocycles. The number of rotatable bonds is 3. The number of thiophene rings is 1. The van der Waals surface area contributed by atoms with E-state index in [1.165, 1.54) is 0 Å². The van der Waals surface area contributed by atoms with Crippen molar-refractivity contribution in [3.63, 3.8) is 0 Å². The molecule has 2 aromatic carbocycles. The van der Waals surface area contributed by atoms with Gasteiger partial charge in [0.05, 0.1) is 5.56 Å². The Bertz CT molecular complexity index is 770. The van der Waals surface area contributed by atoms with Gasteiger partial charge in [-0.3, -0.25) is 0 Å². The van der Waals surface area contributed by atoms with Crippen molar-refractivity contribution in [1.29, 1.82) is 0 Å². The Morgan fingerprint density at radius 3 is 2.09 bits per heavy atom. The van der Waals surface area contributed by atoms with Gasteiger partial charge in [-0.1, -0.05) is 29.3 Å². The molecule has 0 saturated carbocycles. The lowest BCUT2D eigenvalue weighted by atomic mass is 10.00. The molecule has 0 radical (unpaired) electrons. The minimum Gasteiger partial charge on any atom is -0.507 e. The third-order valence-electron chi connectivity index (χ3n) is 3.27. The average molecular weight is 351 g/mol. The summed E-state index contributed by atoms with van der Waals surface area (Å²) in [7, 11) is 0. The zero-order valence-electron chi connectivity index (χ0n) is 11.4. The Morgan fingerprint density at radius 2 is 1.55 bits per heavy atom. The van der Waals surface area contributed by atoms with E-state index in [1.54, 1.807) is 41.7 Å². The average Bonchev–Trinajstić information content (AvgIpc) is 2.89. The fraction of sp³-hybridized carbons (Fsp3) is 0.0588. The summed E-state index contributed by atoms with van der Waals surface area (Å²) in [6.45, 7) is 0. The minimum absolute atomic E-state index is 0.00453. The number of hydrogen-bond donors (Lipinski definition) is 2. The van der Waals surface area contributed by atoms with Crippen LogP contribution in [0.5, 0.6) is 11.5 Å². The summed E-state index contributed by atoms with van der Waals surface area (Å²) >= 11 is 13.6. The zero-order chi connectivity index (χ0) is 15.7. The Kier molecular flexibility index (Phi) is 4.30. The maximum Gasteiger partial charge on any atom is 0.127 e. The fourth-order valence-corrected chi connectivity index (χ4v) is 3.64. The number of phenols is 2. The van der Waals surface area contributed by atoms with Crippen molar-refractivity contribution in [1.82, 2.24) is 0 Å². The lowest BCUT2D eigenvalue weighted by molar-refractivity contribution is 0.453. The monoisotopic (exact) mass is 350 g/mol. The van der Waals surface area contributed by atoms with Crippen LogP contribution < -0.4 is 0 Å². The summed E-state index contributed by atoms with van der Waals surface area (Å²) in [6, 6.07) is 12.2. The summed E-state index contributed by atoms with van der Waals surface area (Å²) in [6.07, 6.45) is 0.662. The molecule has 3 rings (SSSR count). The SMILES string of the molecule is Oc1cc(Cc2cccs2)cc(O)c1-c1cc(Cl)cc(Cl)c1. The maximum atomic E-state index is 10.3. The van der Waals surface area contributed by atoms with E-state index < -0.39 is 0 Å². The molecule has 3 aromatic rings. The van der Waals surface area contributed by atoms with Crippen molar-refractivity contribution in [2.24, 2.45) is 0 Å². The molecule has 0 aliphatic rings. The quantitative estimate of drug-likeness (QED) is 0.633. The summed E-state index contributed by atoms with van der Waals surface area (Å²) < 4.78 is 0. The first-order valence-electron chi connectivity index (χ1n) is 6.56. The van der Waals surface area contributed by atoms with E-state index in [0.29, 0.717) is 27.6 Å². The third-order valence-corrected chi connectivity index (χ3v) is 4.58. The highest BCUT2D eigenvalue weighted by Gasteiger charge is 2.14. The Balaban J connectivity index is 2.02. The normalized spacial score (nSPS) is 10.8. The maximum absolute atomic E-state index is 10.3. The molecule has 1 heterocycles.